The summed E-state index contributed by atoms with van der Waals surface area (Å²) in [5.74, 6) is -3.39. The van der Waals surface area contributed by atoms with Gasteiger partial charge < -0.3 is 10.0 Å². The van der Waals surface area contributed by atoms with Crippen LogP contribution in [0.3, 0.4) is 0 Å². The van der Waals surface area contributed by atoms with Crippen LogP contribution in [0.1, 0.15) is 24.1 Å². The van der Waals surface area contributed by atoms with Crippen LogP contribution in [0.2, 0.25) is 5.02 Å². The first-order valence-corrected chi connectivity index (χ1v) is 11.1. The number of fused-ring (bicyclic) bond motifs is 1. The molecule has 1 saturated heterocycles. The van der Waals surface area contributed by atoms with Gasteiger partial charge in [0.25, 0.3) is 0 Å². The Morgan fingerprint density at radius 2 is 1.80 bits per heavy atom. The van der Waals surface area contributed by atoms with E-state index in [1.54, 1.807) is 4.90 Å². The summed E-state index contributed by atoms with van der Waals surface area (Å²) in [6.45, 7) is 0.717. The highest BCUT2D eigenvalue weighted by molar-refractivity contribution is 7.90. The summed E-state index contributed by atoms with van der Waals surface area (Å²) in [6, 6.07) is 1.70. The number of piperidine rings is 1. The Kier molecular flexibility index (Phi) is 6.22. The first-order valence-electron chi connectivity index (χ1n) is 8.87. The molecule has 0 radical (unpaired) electrons. The molecule has 0 saturated carbocycles. The second-order valence-corrected chi connectivity index (χ2v) is 9.65. The number of anilines is 1. The minimum absolute atomic E-state index is 0. The van der Waals surface area contributed by atoms with Gasteiger partial charge in [-0.3, -0.25) is 4.79 Å². The molecule has 2 aliphatic rings. The van der Waals surface area contributed by atoms with Gasteiger partial charge in [0, 0.05) is 18.7 Å². The van der Waals surface area contributed by atoms with Crippen molar-refractivity contribution in [1.82, 2.24) is 9.97 Å². The molecule has 0 aliphatic carbocycles. The number of aromatic nitrogens is 2. The molecule has 0 amide bonds. The lowest BCUT2D eigenvalue weighted by Crippen LogP contribution is -2.37. The third-order valence-corrected chi connectivity index (χ3v) is 6.92. The zero-order valence-electron chi connectivity index (χ0n) is 15.4. The second kappa shape index (κ2) is 8.24. The molecule has 1 aromatic carbocycles. The molecule has 0 unspecified atom stereocenters. The van der Waals surface area contributed by atoms with E-state index < -0.39 is 33.4 Å². The number of carboxylic acids is 1. The molecule has 1 fully saturated rings. The number of carboxylic acid groups (broad SMARTS) is 1. The zero-order valence-corrected chi connectivity index (χ0v) is 17.8. The Morgan fingerprint density at radius 3 is 2.43 bits per heavy atom. The van der Waals surface area contributed by atoms with Crippen LogP contribution in [-0.2, 0) is 26.1 Å². The molecule has 1 aromatic heterocycles. The molecule has 7 nitrogen and oxygen atoms in total. The molecule has 2 aliphatic heterocycles. The maximum Gasteiger partial charge on any atom is 0.306 e. The molecule has 0 spiro atoms. The van der Waals surface area contributed by atoms with Crippen LogP contribution >= 0.6 is 24.0 Å². The van der Waals surface area contributed by atoms with Crippen LogP contribution in [0, 0.1) is 17.6 Å². The maximum atomic E-state index is 14.4. The number of hydrogen-bond donors (Lipinski definition) is 1. The van der Waals surface area contributed by atoms with Crippen molar-refractivity contribution < 1.29 is 27.1 Å². The van der Waals surface area contributed by atoms with Crippen LogP contribution in [0.4, 0.5) is 14.6 Å². The highest BCUT2D eigenvalue weighted by Crippen LogP contribution is 2.36. The Hall–Kier alpha value is -2.04. The molecule has 12 heteroatoms. The van der Waals surface area contributed by atoms with Crippen molar-refractivity contribution in [2.24, 2.45) is 5.92 Å². The van der Waals surface area contributed by atoms with E-state index in [4.69, 9.17) is 11.6 Å². The summed E-state index contributed by atoms with van der Waals surface area (Å²) in [5, 5.41) is 8.80. The van der Waals surface area contributed by atoms with Gasteiger partial charge >= 0.3 is 5.97 Å². The average Bonchev–Trinajstić information content (AvgIpc) is 2.97. The topological polar surface area (TPSA) is 100 Å². The number of halogens is 4. The fourth-order valence-corrected chi connectivity index (χ4v) is 5.32. The smallest absolute Gasteiger partial charge is 0.306 e. The van der Waals surface area contributed by atoms with E-state index in [0.29, 0.717) is 37.3 Å². The van der Waals surface area contributed by atoms with E-state index >= 15 is 0 Å². The average molecular weight is 480 g/mol. The largest absolute Gasteiger partial charge is 0.481 e. The Morgan fingerprint density at radius 1 is 1.13 bits per heavy atom. The van der Waals surface area contributed by atoms with E-state index in [1.807, 2.05) is 0 Å². The highest BCUT2D eigenvalue weighted by Gasteiger charge is 2.34. The standard InChI is InChI=1S/C18H16ClF2N3O4S.ClH/c19-12-6-13(20)10(5-14(12)21)16-22-15-8-29(27,28)7-11(15)17(23-16)24-3-1-9(2-4-24)18(25)26;/h5-6,9H,1-4,7-8H2,(H,25,26);1H. The Labute approximate surface area is 182 Å². The van der Waals surface area contributed by atoms with E-state index in [0.717, 1.165) is 12.1 Å². The van der Waals surface area contributed by atoms with E-state index in [1.165, 1.54) is 0 Å². The summed E-state index contributed by atoms with van der Waals surface area (Å²) < 4.78 is 52.6. The fourth-order valence-electron chi connectivity index (χ4n) is 3.68. The van der Waals surface area contributed by atoms with E-state index in [2.05, 4.69) is 9.97 Å². The third kappa shape index (κ3) is 4.21. The number of sulfone groups is 1. The van der Waals surface area contributed by atoms with Gasteiger partial charge in [-0.15, -0.1) is 12.4 Å². The molecule has 4 rings (SSSR count). The molecule has 0 bridgehead atoms. The second-order valence-electron chi connectivity index (χ2n) is 7.17. The van der Waals surface area contributed by atoms with E-state index in [9.17, 15) is 27.1 Å². The molecular formula is C18H17Cl2F2N3O4S. The predicted molar refractivity (Wildman–Crippen MR) is 109 cm³/mol. The number of rotatable bonds is 3. The van der Waals surface area contributed by atoms with Crippen molar-refractivity contribution in [3.05, 3.63) is 40.0 Å². The van der Waals surface area contributed by atoms with Crippen molar-refractivity contribution in [3.8, 4) is 11.4 Å². The van der Waals surface area contributed by atoms with Crippen LogP contribution < -0.4 is 4.90 Å². The van der Waals surface area contributed by atoms with Crippen molar-refractivity contribution in [2.75, 3.05) is 18.0 Å². The SMILES string of the molecule is Cl.O=C(O)C1CCN(c2nc(-c3cc(F)c(Cl)cc3F)nc3c2CS(=O)(=O)C3)CC1. The minimum atomic E-state index is -3.43. The first-order chi connectivity index (χ1) is 13.6. The van der Waals surface area contributed by atoms with Crippen LogP contribution in [0.5, 0.6) is 0 Å². The van der Waals surface area contributed by atoms with Gasteiger partial charge in [0.05, 0.1) is 33.7 Å². The van der Waals surface area contributed by atoms with Crippen molar-refractivity contribution in [1.29, 1.82) is 0 Å². The summed E-state index contributed by atoms with van der Waals surface area (Å²) in [7, 11) is -3.43. The lowest BCUT2D eigenvalue weighted by atomic mass is 9.97. The quantitative estimate of drug-likeness (QED) is 0.674. The lowest BCUT2D eigenvalue weighted by molar-refractivity contribution is -0.142. The molecule has 0 atom stereocenters. The molecular weight excluding hydrogens is 463 g/mol. The van der Waals surface area contributed by atoms with Crippen molar-refractivity contribution in [2.45, 2.75) is 24.3 Å². The van der Waals surface area contributed by atoms with Crippen LogP contribution in [-0.4, -0.2) is 42.6 Å². The Bertz CT molecular complexity index is 1120. The molecule has 162 valence electrons. The number of aliphatic carboxylic acids is 1. The monoisotopic (exact) mass is 479 g/mol. The van der Waals surface area contributed by atoms with Crippen molar-refractivity contribution >= 4 is 45.6 Å². The maximum absolute atomic E-state index is 14.4. The van der Waals surface area contributed by atoms with Crippen LogP contribution in [0.25, 0.3) is 11.4 Å². The molecule has 1 N–H and O–H groups in total. The lowest BCUT2D eigenvalue weighted by Gasteiger charge is -2.32. The van der Waals surface area contributed by atoms with Gasteiger partial charge in [0.15, 0.2) is 15.7 Å². The van der Waals surface area contributed by atoms with Gasteiger partial charge in [-0.1, -0.05) is 11.6 Å². The van der Waals surface area contributed by atoms with Crippen LogP contribution in [0.15, 0.2) is 12.1 Å². The van der Waals surface area contributed by atoms with E-state index in [-0.39, 0.29) is 46.0 Å². The Balaban J connectivity index is 0.00000256. The molecule has 30 heavy (non-hydrogen) atoms. The number of hydrogen-bond acceptors (Lipinski definition) is 6. The van der Waals surface area contributed by atoms with Gasteiger partial charge in [0.1, 0.15) is 17.5 Å². The minimum Gasteiger partial charge on any atom is -0.481 e. The summed E-state index contributed by atoms with van der Waals surface area (Å²) >= 11 is 5.61. The normalized spacial score (nSPS) is 18.0. The zero-order chi connectivity index (χ0) is 20.9. The predicted octanol–water partition coefficient (Wildman–Crippen LogP) is 3.23. The number of carbonyl (C=O) groups is 1. The molecule has 2 aromatic rings. The van der Waals surface area contributed by atoms with Gasteiger partial charge in [-0.2, -0.15) is 0 Å². The summed E-state index contributed by atoms with van der Waals surface area (Å²) in [5.41, 5.74) is 0.457. The van der Waals surface area contributed by atoms with Gasteiger partial charge in [-0.05, 0) is 25.0 Å². The number of benzene rings is 1. The number of nitrogens with zero attached hydrogens (tertiary/aromatic N) is 3. The fraction of sp³-hybridized carbons (Fsp3) is 0.389. The third-order valence-electron chi connectivity index (χ3n) is 5.19. The summed E-state index contributed by atoms with van der Waals surface area (Å²) in [6.07, 6.45) is 0.750. The molecule has 3 heterocycles. The van der Waals surface area contributed by atoms with Gasteiger partial charge in [0.2, 0.25) is 0 Å². The summed E-state index contributed by atoms with van der Waals surface area (Å²) in [4.78, 5) is 21.5. The highest BCUT2D eigenvalue weighted by atomic mass is 35.5. The van der Waals surface area contributed by atoms with Crippen molar-refractivity contribution in [3.63, 3.8) is 0 Å². The first kappa shape index (κ1) is 22.6. The van der Waals surface area contributed by atoms with Gasteiger partial charge in [-0.25, -0.2) is 27.2 Å².